The van der Waals surface area contributed by atoms with Crippen LogP contribution in [0.3, 0.4) is 0 Å². The second kappa shape index (κ2) is 4.17. The molecule has 2 unspecified atom stereocenters. The molecule has 1 aliphatic rings. The van der Waals surface area contributed by atoms with Crippen LogP contribution in [-0.4, -0.2) is 60.8 Å². The van der Waals surface area contributed by atoms with Gasteiger partial charge in [0.1, 0.15) is 0 Å². The largest absolute Gasteiger partial charge is 0.389 e. The SMILES string of the molecule is CN1CCC(C(N(C)C)C(C)(C)O)C1. The van der Waals surface area contributed by atoms with E-state index in [9.17, 15) is 5.11 Å². The maximum absolute atomic E-state index is 10.1. The van der Waals surface area contributed by atoms with Crippen molar-refractivity contribution in [2.24, 2.45) is 5.92 Å². The van der Waals surface area contributed by atoms with Crippen molar-refractivity contribution >= 4 is 0 Å². The van der Waals surface area contributed by atoms with E-state index < -0.39 is 5.60 Å². The standard InChI is InChI=1S/C11H24N2O/c1-11(2,14)10(12(3)4)9-6-7-13(5)8-9/h9-10,14H,6-8H2,1-5H3. The minimum absolute atomic E-state index is 0.257. The van der Waals surface area contributed by atoms with Crippen LogP contribution in [0, 0.1) is 5.92 Å². The molecule has 0 aromatic carbocycles. The molecular weight excluding hydrogens is 176 g/mol. The van der Waals surface area contributed by atoms with Gasteiger partial charge in [-0.05, 0) is 53.9 Å². The summed E-state index contributed by atoms with van der Waals surface area (Å²) in [6, 6.07) is 0.257. The van der Waals surface area contributed by atoms with Gasteiger partial charge in [0.15, 0.2) is 0 Å². The lowest BCUT2D eigenvalue weighted by atomic mass is 9.85. The molecule has 0 aliphatic carbocycles. The Hall–Kier alpha value is -0.120. The molecule has 2 atom stereocenters. The van der Waals surface area contributed by atoms with E-state index in [1.54, 1.807) is 0 Å². The Kier molecular flexibility index (Phi) is 3.56. The van der Waals surface area contributed by atoms with Crippen LogP contribution in [0.2, 0.25) is 0 Å². The Morgan fingerprint density at radius 3 is 2.29 bits per heavy atom. The molecule has 1 N–H and O–H groups in total. The lowest BCUT2D eigenvalue weighted by Crippen LogP contribution is -2.51. The smallest absolute Gasteiger partial charge is 0.0749 e. The van der Waals surface area contributed by atoms with Crippen LogP contribution in [0.4, 0.5) is 0 Å². The fraction of sp³-hybridized carbons (Fsp3) is 1.00. The highest BCUT2D eigenvalue weighted by Crippen LogP contribution is 2.28. The Bertz CT molecular complexity index is 186. The van der Waals surface area contributed by atoms with Gasteiger partial charge in [-0.1, -0.05) is 0 Å². The molecule has 1 saturated heterocycles. The van der Waals surface area contributed by atoms with Crippen LogP contribution in [0.5, 0.6) is 0 Å². The summed E-state index contributed by atoms with van der Waals surface area (Å²) in [4.78, 5) is 4.50. The van der Waals surface area contributed by atoms with Gasteiger partial charge < -0.3 is 14.9 Å². The first-order valence-electron chi connectivity index (χ1n) is 5.39. The predicted octanol–water partition coefficient (Wildman–Crippen LogP) is 0.639. The third-order valence-electron chi connectivity index (χ3n) is 3.15. The number of hydrogen-bond donors (Lipinski definition) is 1. The molecule has 3 heteroatoms. The summed E-state index contributed by atoms with van der Waals surface area (Å²) >= 11 is 0. The molecule has 84 valence electrons. The number of rotatable bonds is 3. The van der Waals surface area contributed by atoms with Gasteiger partial charge in [-0.15, -0.1) is 0 Å². The van der Waals surface area contributed by atoms with Crippen LogP contribution in [0.15, 0.2) is 0 Å². The number of nitrogens with zero attached hydrogens (tertiary/aromatic N) is 2. The second-order valence-corrected chi connectivity index (χ2v) is 5.37. The lowest BCUT2D eigenvalue weighted by molar-refractivity contribution is -0.0265. The first-order chi connectivity index (χ1) is 6.32. The van der Waals surface area contributed by atoms with Crippen LogP contribution in [0.1, 0.15) is 20.3 Å². The summed E-state index contributed by atoms with van der Waals surface area (Å²) < 4.78 is 0. The maximum atomic E-state index is 10.1. The van der Waals surface area contributed by atoms with Crippen molar-refractivity contribution in [1.29, 1.82) is 0 Å². The fourth-order valence-corrected chi connectivity index (χ4v) is 2.86. The summed E-state index contributed by atoms with van der Waals surface area (Å²) in [6.45, 7) is 6.09. The lowest BCUT2D eigenvalue weighted by Gasteiger charge is -2.39. The molecule has 0 amide bonds. The van der Waals surface area contributed by atoms with E-state index >= 15 is 0 Å². The molecule has 1 aliphatic heterocycles. The van der Waals surface area contributed by atoms with Crippen molar-refractivity contribution < 1.29 is 5.11 Å². The van der Waals surface area contributed by atoms with Crippen LogP contribution < -0.4 is 0 Å². The van der Waals surface area contributed by atoms with E-state index in [2.05, 4.69) is 30.9 Å². The van der Waals surface area contributed by atoms with E-state index in [1.807, 2.05) is 13.8 Å². The molecule has 0 radical (unpaired) electrons. The van der Waals surface area contributed by atoms with Gasteiger partial charge >= 0.3 is 0 Å². The van der Waals surface area contributed by atoms with Crippen LogP contribution in [-0.2, 0) is 0 Å². The summed E-state index contributed by atoms with van der Waals surface area (Å²) in [6.07, 6.45) is 1.20. The number of aliphatic hydroxyl groups is 1. The molecule has 0 saturated carbocycles. The topological polar surface area (TPSA) is 26.7 Å². The third kappa shape index (κ3) is 2.69. The van der Waals surface area contributed by atoms with Crippen LogP contribution in [0.25, 0.3) is 0 Å². The molecule has 0 bridgehead atoms. The van der Waals surface area contributed by atoms with Crippen molar-refractivity contribution in [3.05, 3.63) is 0 Å². The number of hydrogen-bond acceptors (Lipinski definition) is 3. The van der Waals surface area contributed by atoms with Crippen LogP contribution >= 0.6 is 0 Å². The highest BCUT2D eigenvalue weighted by Gasteiger charge is 2.38. The Morgan fingerprint density at radius 1 is 1.43 bits per heavy atom. The molecule has 1 rings (SSSR count). The zero-order valence-electron chi connectivity index (χ0n) is 10.1. The second-order valence-electron chi connectivity index (χ2n) is 5.37. The van der Waals surface area contributed by atoms with Gasteiger partial charge in [-0.2, -0.15) is 0 Å². The Labute approximate surface area is 87.7 Å². The zero-order chi connectivity index (χ0) is 10.9. The molecule has 1 heterocycles. The minimum Gasteiger partial charge on any atom is -0.389 e. The van der Waals surface area contributed by atoms with Gasteiger partial charge in [0, 0.05) is 12.6 Å². The van der Waals surface area contributed by atoms with Crippen molar-refractivity contribution in [3.63, 3.8) is 0 Å². The Balaban J connectivity index is 2.69. The van der Waals surface area contributed by atoms with E-state index in [-0.39, 0.29) is 6.04 Å². The zero-order valence-corrected chi connectivity index (χ0v) is 10.1. The first kappa shape index (κ1) is 12.0. The Morgan fingerprint density at radius 2 is 2.00 bits per heavy atom. The summed E-state index contributed by atoms with van der Waals surface area (Å²) in [5, 5.41) is 10.1. The van der Waals surface area contributed by atoms with E-state index in [0.717, 1.165) is 13.1 Å². The van der Waals surface area contributed by atoms with Gasteiger partial charge in [-0.25, -0.2) is 0 Å². The van der Waals surface area contributed by atoms with E-state index in [4.69, 9.17) is 0 Å². The molecule has 3 nitrogen and oxygen atoms in total. The van der Waals surface area contributed by atoms with Gasteiger partial charge in [0.25, 0.3) is 0 Å². The maximum Gasteiger partial charge on any atom is 0.0749 e. The summed E-state index contributed by atoms with van der Waals surface area (Å²) in [7, 11) is 6.26. The molecule has 0 aromatic heterocycles. The quantitative estimate of drug-likeness (QED) is 0.724. The molecule has 0 aromatic rings. The van der Waals surface area contributed by atoms with Crippen molar-refractivity contribution in [1.82, 2.24) is 9.80 Å². The number of likely N-dealkylation sites (tertiary alicyclic amines) is 1. The average molecular weight is 200 g/mol. The summed E-state index contributed by atoms with van der Waals surface area (Å²) in [5.74, 6) is 0.593. The minimum atomic E-state index is -0.612. The highest BCUT2D eigenvalue weighted by molar-refractivity contribution is 4.93. The fourth-order valence-electron chi connectivity index (χ4n) is 2.86. The highest BCUT2D eigenvalue weighted by atomic mass is 16.3. The molecular formula is C11H24N2O. The summed E-state index contributed by atoms with van der Waals surface area (Å²) in [5.41, 5.74) is -0.612. The van der Waals surface area contributed by atoms with E-state index in [1.165, 1.54) is 6.42 Å². The van der Waals surface area contributed by atoms with E-state index in [0.29, 0.717) is 5.92 Å². The molecule has 0 spiro atoms. The normalized spacial score (nSPS) is 27.2. The predicted molar refractivity (Wildman–Crippen MR) is 59.4 cm³/mol. The van der Waals surface area contributed by atoms with Crippen molar-refractivity contribution in [3.8, 4) is 0 Å². The van der Waals surface area contributed by atoms with Crippen molar-refractivity contribution in [2.45, 2.75) is 31.9 Å². The van der Waals surface area contributed by atoms with Crippen molar-refractivity contribution in [2.75, 3.05) is 34.2 Å². The third-order valence-corrected chi connectivity index (χ3v) is 3.15. The monoisotopic (exact) mass is 200 g/mol. The van der Waals surface area contributed by atoms with Gasteiger partial charge in [0.05, 0.1) is 5.60 Å². The number of likely N-dealkylation sites (N-methyl/N-ethyl adjacent to an activating group) is 1. The van der Waals surface area contributed by atoms with Gasteiger partial charge in [0.2, 0.25) is 0 Å². The molecule has 1 fully saturated rings. The first-order valence-corrected chi connectivity index (χ1v) is 5.39. The van der Waals surface area contributed by atoms with Gasteiger partial charge in [-0.3, -0.25) is 0 Å². The average Bonchev–Trinajstić information content (AvgIpc) is 2.31. The molecule has 14 heavy (non-hydrogen) atoms.